The first kappa shape index (κ1) is 11.2. The van der Waals surface area contributed by atoms with E-state index in [2.05, 4.69) is 12.2 Å². The lowest BCUT2D eigenvalue weighted by atomic mass is 9.89. The third-order valence-electron chi connectivity index (χ3n) is 3.79. The number of nitrogens with one attached hydrogen (secondary N) is 1. The lowest BCUT2D eigenvalue weighted by Crippen LogP contribution is -2.33. The zero-order valence-electron chi connectivity index (χ0n) is 10.1. The van der Waals surface area contributed by atoms with Gasteiger partial charge in [-0.3, -0.25) is 0 Å². The molecule has 2 aliphatic rings. The molecule has 0 bridgehead atoms. The molecule has 0 aromatic heterocycles. The van der Waals surface area contributed by atoms with Gasteiger partial charge in [0.15, 0.2) is 11.5 Å². The molecule has 1 aromatic rings. The van der Waals surface area contributed by atoms with Crippen molar-refractivity contribution in [3.8, 4) is 11.5 Å². The molecule has 0 saturated carbocycles. The highest BCUT2D eigenvalue weighted by molar-refractivity contribution is 6.32. The minimum Gasteiger partial charge on any atom is -0.454 e. The summed E-state index contributed by atoms with van der Waals surface area (Å²) in [6.07, 6.45) is 2.28. The average molecular weight is 254 g/mol. The molecule has 1 aromatic carbocycles. The minimum atomic E-state index is -0.0389. The molecule has 1 saturated heterocycles. The number of benzene rings is 1. The summed E-state index contributed by atoms with van der Waals surface area (Å²) < 4.78 is 10.9. The number of rotatable bonds is 1. The maximum Gasteiger partial charge on any atom is 0.231 e. The van der Waals surface area contributed by atoms with Crippen molar-refractivity contribution in [2.75, 3.05) is 13.3 Å². The van der Waals surface area contributed by atoms with Crippen LogP contribution in [0.3, 0.4) is 0 Å². The SMILES string of the molecule is Cc1c(Cl)c(C2(C)CCCN2)cc2c1OCO2. The van der Waals surface area contributed by atoms with E-state index in [1.807, 2.05) is 13.0 Å². The molecule has 4 heteroatoms. The highest BCUT2D eigenvalue weighted by atomic mass is 35.5. The molecule has 2 heterocycles. The van der Waals surface area contributed by atoms with Crippen LogP contribution in [0.15, 0.2) is 6.07 Å². The van der Waals surface area contributed by atoms with Crippen LogP contribution in [0.1, 0.15) is 30.9 Å². The zero-order valence-corrected chi connectivity index (χ0v) is 10.9. The smallest absolute Gasteiger partial charge is 0.231 e. The number of hydrogen-bond donors (Lipinski definition) is 1. The van der Waals surface area contributed by atoms with Crippen LogP contribution in [-0.4, -0.2) is 13.3 Å². The van der Waals surface area contributed by atoms with Crippen molar-refractivity contribution in [3.63, 3.8) is 0 Å². The van der Waals surface area contributed by atoms with E-state index < -0.39 is 0 Å². The second kappa shape index (κ2) is 3.79. The fraction of sp³-hybridized carbons (Fsp3) is 0.538. The summed E-state index contributed by atoms with van der Waals surface area (Å²) in [5, 5.41) is 4.33. The number of ether oxygens (including phenoxy) is 2. The molecule has 0 radical (unpaired) electrons. The van der Waals surface area contributed by atoms with Gasteiger partial charge in [0.25, 0.3) is 0 Å². The standard InChI is InChI=1S/C13H16ClNO2/c1-8-11(14)9(13(2)4-3-5-15-13)6-10-12(8)17-7-16-10/h6,15H,3-5,7H2,1-2H3. The normalized spacial score (nSPS) is 26.5. The van der Waals surface area contributed by atoms with Crippen molar-refractivity contribution in [1.82, 2.24) is 5.32 Å². The van der Waals surface area contributed by atoms with E-state index in [4.69, 9.17) is 21.1 Å². The fourth-order valence-corrected chi connectivity index (χ4v) is 3.06. The van der Waals surface area contributed by atoms with Crippen LogP contribution >= 0.6 is 11.6 Å². The van der Waals surface area contributed by atoms with Gasteiger partial charge in [-0.25, -0.2) is 0 Å². The quantitative estimate of drug-likeness (QED) is 0.835. The third-order valence-corrected chi connectivity index (χ3v) is 4.27. The van der Waals surface area contributed by atoms with E-state index in [0.29, 0.717) is 6.79 Å². The summed E-state index contributed by atoms with van der Waals surface area (Å²) >= 11 is 6.47. The van der Waals surface area contributed by atoms with Gasteiger partial charge in [0.1, 0.15) is 0 Å². The molecule has 0 amide bonds. The molecule has 0 spiro atoms. The molecular formula is C13H16ClNO2. The van der Waals surface area contributed by atoms with Crippen LogP contribution in [0.25, 0.3) is 0 Å². The summed E-state index contributed by atoms with van der Waals surface area (Å²) in [5.41, 5.74) is 2.06. The third kappa shape index (κ3) is 1.60. The van der Waals surface area contributed by atoms with Gasteiger partial charge in [0.2, 0.25) is 6.79 Å². The van der Waals surface area contributed by atoms with Gasteiger partial charge in [-0.15, -0.1) is 0 Å². The van der Waals surface area contributed by atoms with E-state index in [-0.39, 0.29) is 5.54 Å². The molecule has 3 nitrogen and oxygen atoms in total. The summed E-state index contributed by atoms with van der Waals surface area (Å²) in [7, 11) is 0. The number of hydrogen-bond acceptors (Lipinski definition) is 3. The molecule has 2 aliphatic heterocycles. The van der Waals surface area contributed by atoms with E-state index in [1.54, 1.807) is 0 Å². The first-order valence-electron chi connectivity index (χ1n) is 5.96. The summed E-state index contributed by atoms with van der Waals surface area (Å²) in [6.45, 7) is 5.51. The first-order valence-corrected chi connectivity index (χ1v) is 6.34. The van der Waals surface area contributed by atoms with Crippen molar-refractivity contribution < 1.29 is 9.47 Å². The summed E-state index contributed by atoms with van der Waals surface area (Å²) in [4.78, 5) is 0. The topological polar surface area (TPSA) is 30.5 Å². The lowest BCUT2D eigenvalue weighted by Gasteiger charge is -2.27. The molecule has 0 aliphatic carbocycles. The van der Waals surface area contributed by atoms with Crippen molar-refractivity contribution >= 4 is 11.6 Å². The maximum atomic E-state index is 6.47. The Morgan fingerprint density at radius 2 is 2.24 bits per heavy atom. The Balaban J connectivity index is 2.14. The van der Waals surface area contributed by atoms with E-state index in [9.17, 15) is 0 Å². The molecule has 17 heavy (non-hydrogen) atoms. The second-order valence-corrected chi connectivity index (χ2v) is 5.34. The van der Waals surface area contributed by atoms with Crippen molar-refractivity contribution in [2.45, 2.75) is 32.2 Å². The van der Waals surface area contributed by atoms with Gasteiger partial charge < -0.3 is 14.8 Å². The van der Waals surface area contributed by atoms with Crippen molar-refractivity contribution in [1.29, 1.82) is 0 Å². The zero-order chi connectivity index (χ0) is 12.0. The van der Waals surface area contributed by atoms with Crippen LogP contribution in [-0.2, 0) is 5.54 Å². The van der Waals surface area contributed by atoms with E-state index in [1.165, 1.54) is 6.42 Å². The Morgan fingerprint density at radius 3 is 2.94 bits per heavy atom. The Kier molecular flexibility index (Phi) is 2.49. The van der Waals surface area contributed by atoms with Gasteiger partial charge in [0, 0.05) is 11.1 Å². The predicted molar refractivity (Wildman–Crippen MR) is 66.9 cm³/mol. The number of fused-ring (bicyclic) bond motifs is 1. The van der Waals surface area contributed by atoms with Gasteiger partial charge in [-0.2, -0.15) is 0 Å². The average Bonchev–Trinajstić information content (AvgIpc) is 2.92. The Morgan fingerprint density at radius 1 is 1.41 bits per heavy atom. The molecule has 1 fully saturated rings. The van der Waals surface area contributed by atoms with Gasteiger partial charge in [-0.1, -0.05) is 11.6 Å². The van der Waals surface area contributed by atoms with Gasteiger partial charge in [-0.05, 0) is 44.9 Å². The summed E-state index contributed by atoms with van der Waals surface area (Å²) in [6, 6.07) is 2.02. The summed E-state index contributed by atoms with van der Waals surface area (Å²) in [5.74, 6) is 1.61. The van der Waals surface area contributed by atoms with Gasteiger partial charge in [0.05, 0.1) is 5.02 Å². The van der Waals surface area contributed by atoms with Crippen LogP contribution < -0.4 is 14.8 Å². The Labute approximate surface area is 106 Å². The molecule has 92 valence electrons. The van der Waals surface area contributed by atoms with Crippen LogP contribution in [0.2, 0.25) is 5.02 Å². The lowest BCUT2D eigenvalue weighted by molar-refractivity contribution is 0.173. The van der Waals surface area contributed by atoms with Crippen molar-refractivity contribution in [2.24, 2.45) is 0 Å². The largest absolute Gasteiger partial charge is 0.454 e. The highest BCUT2D eigenvalue weighted by Gasteiger charge is 2.34. The van der Waals surface area contributed by atoms with Crippen molar-refractivity contribution in [3.05, 3.63) is 22.2 Å². The van der Waals surface area contributed by atoms with Crippen LogP contribution in [0, 0.1) is 6.92 Å². The fourth-order valence-electron chi connectivity index (χ4n) is 2.71. The Hall–Kier alpha value is -0.930. The van der Waals surface area contributed by atoms with E-state index >= 15 is 0 Å². The maximum absolute atomic E-state index is 6.47. The monoisotopic (exact) mass is 253 g/mol. The molecule has 1 atom stereocenters. The highest BCUT2D eigenvalue weighted by Crippen LogP contribution is 2.45. The molecule has 1 N–H and O–H groups in total. The number of halogens is 1. The van der Waals surface area contributed by atoms with Crippen LogP contribution in [0.4, 0.5) is 0 Å². The molecule has 1 unspecified atom stereocenters. The van der Waals surface area contributed by atoms with Gasteiger partial charge >= 0.3 is 0 Å². The first-order chi connectivity index (χ1) is 8.12. The Bertz CT molecular complexity index is 467. The minimum absolute atomic E-state index is 0.0389. The van der Waals surface area contributed by atoms with E-state index in [0.717, 1.165) is 40.6 Å². The second-order valence-electron chi connectivity index (χ2n) is 4.96. The molecule has 3 rings (SSSR count). The predicted octanol–water partition coefficient (Wildman–Crippen LogP) is 2.98. The van der Waals surface area contributed by atoms with Crippen LogP contribution in [0.5, 0.6) is 11.5 Å². The molecular weight excluding hydrogens is 238 g/mol.